The minimum absolute atomic E-state index is 0.0864. The summed E-state index contributed by atoms with van der Waals surface area (Å²) in [6, 6.07) is 12.9. The third-order valence-corrected chi connectivity index (χ3v) is 8.12. The molecule has 0 saturated carbocycles. The number of nitrogens with one attached hydrogen (secondary N) is 1. The number of carbonyl (C=O) groups excluding carboxylic acids is 1. The molecule has 2 saturated heterocycles. The second kappa shape index (κ2) is 10.7. The van der Waals surface area contributed by atoms with Gasteiger partial charge in [0.2, 0.25) is 15.9 Å². The van der Waals surface area contributed by atoms with Crippen molar-refractivity contribution in [2.75, 3.05) is 51.1 Å². The average molecular weight is 475 g/mol. The van der Waals surface area contributed by atoms with Crippen LogP contribution in [0.1, 0.15) is 24.8 Å². The predicted molar refractivity (Wildman–Crippen MR) is 126 cm³/mol. The molecule has 7 nitrogen and oxygen atoms in total. The molecule has 178 valence electrons. The Balaban J connectivity index is 1.27. The van der Waals surface area contributed by atoms with E-state index in [2.05, 4.69) is 22.3 Å². The second-order valence-electron chi connectivity index (χ2n) is 8.72. The third-order valence-electron chi connectivity index (χ3n) is 6.21. The standard InChI is InChI=1S/C24H31FN4O3S/c25-21-6-10-23(11-7-21)33(31,32)29-15-3-14-28(16-17-29)19-24(30)26-22-8-4-20(5-9-22)18-27-12-1-2-13-27/h4-11H,1-3,12-19H2,(H,26,30). The van der Waals surface area contributed by atoms with Gasteiger partial charge in [-0.2, -0.15) is 4.31 Å². The number of sulfonamides is 1. The van der Waals surface area contributed by atoms with Crippen molar-refractivity contribution in [3.05, 3.63) is 59.9 Å². The number of amides is 1. The van der Waals surface area contributed by atoms with Gasteiger partial charge in [0, 0.05) is 31.9 Å². The Kier molecular flexibility index (Phi) is 7.75. The highest BCUT2D eigenvalue weighted by Crippen LogP contribution is 2.19. The van der Waals surface area contributed by atoms with Crippen LogP contribution in [0.25, 0.3) is 0 Å². The van der Waals surface area contributed by atoms with E-state index >= 15 is 0 Å². The van der Waals surface area contributed by atoms with Gasteiger partial charge in [-0.1, -0.05) is 12.1 Å². The number of likely N-dealkylation sites (tertiary alicyclic amines) is 1. The van der Waals surface area contributed by atoms with E-state index in [4.69, 9.17) is 0 Å². The Bertz CT molecular complexity index is 1040. The molecule has 0 aromatic heterocycles. The molecule has 9 heteroatoms. The Morgan fingerprint density at radius 3 is 2.18 bits per heavy atom. The lowest BCUT2D eigenvalue weighted by atomic mass is 10.2. The van der Waals surface area contributed by atoms with E-state index in [-0.39, 0.29) is 23.9 Å². The SMILES string of the molecule is O=C(CN1CCCN(S(=O)(=O)c2ccc(F)cc2)CC1)Nc1ccc(CN2CCCC2)cc1. The molecule has 2 aromatic rings. The summed E-state index contributed by atoms with van der Waals surface area (Å²) in [5.41, 5.74) is 2.00. The summed E-state index contributed by atoms with van der Waals surface area (Å²) < 4.78 is 40.3. The molecule has 2 aliphatic heterocycles. The third kappa shape index (κ3) is 6.38. The monoisotopic (exact) mass is 474 g/mol. The molecule has 0 aliphatic carbocycles. The molecule has 0 bridgehead atoms. The van der Waals surface area contributed by atoms with Crippen LogP contribution in [-0.4, -0.2) is 74.2 Å². The Morgan fingerprint density at radius 2 is 1.48 bits per heavy atom. The zero-order chi connectivity index (χ0) is 23.3. The van der Waals surface area contributed by atoms with Gasteiger partial charge in [-0.15, -0.1) is 0 Å². The molecule has 0 radical (unpaired) electrons. The van der Waals surface area contributed by atoms with E-state index in [1.54, 1.807) is 0 Å². The molecule has 33 heavy (non-hydrogen) atoms. The van der Waals surface area contributed by atoms with Gasteiger partial charge in [-0.3, -0.25) is 14.6 Å². The van der Waals surface area contributed by atoms with Gasteiger partial charge in [0.05, 0.1) is 11.4 Å². The van der Waals surface area contributed by atoms with Crippen molar-refractivity contribution in [2.24, 2.45) is 0 Å². The first-order chi connectivity index (χ1) is 15.9. The largest absolute Gasteiger partial charge is 0.325 e. The second-order valence-corrected chi connectivity index (χ2v) is 10.7. The highest BCUT2D eigenvalue weighted by Gasteiger charge is 2.27. The van der Waals surface area contributed by atoms with E-state index in [1.807, 2.05) is 17.0 Å². The molecule has 1 amide bonds. The van der Waals surface area contributed by atoms with E-state index in [0.29, 0.717) is 26.1 Å². The van der Waals surface area contributed by atoms with Crippen LogP contribution in [0.4, 0.5) is 10.1 Å². The van der Waals surface area contributed by atoms with Crippen molar-refractivity contribution in [1.82, 2.24) is 14.1 Å². The van der Waals surface area contributed by atoms with E-state index in [9.17, 15) is 17.6 Å². The van der Waals surface area contributed by atoms with Crippen LogP contribution in [0.2, 0.25) is 0 Å². The summed E-state index contributed by atoms with van der Waals surface area (Å²) >= 11 is 0. The number of rotatable bonds is 7. The van der Waals surface area contributed by atoms with Crippen molar-refractivity contribution < 1.29 is 17.6 Å². The molecule has 0 unspecified atom stereocenters. The predicted octanol–water partition coefficient (Wildman–Crippen LogP) is 2.76. The Morgan fingerprint density at radius 1 is 0.818 bits per heavy atom. The first-order valence-corrected chi connectivity index (χ1v) is 12.9. The number of benzene rings is 2. The maximum absolute atomic E-state index is 13.2. The van der Waals surface area contributed by atoms with E-state index in [1.165, 1.54) is 34.8 Å². The fourth-order valence-corrected chi connectivity index (χ4v) is 5.87. The number of hydrogen-bond donors (Lipinski definition) is 1. The normalized spacial score (nSPS) is 18.8. The van der Waals surface area contributed by atoms with Gasteiger partial charge < -0.3 is 5.32 Å². The molecular weight excluding hydrogens is 443 g/mol. The van der Waals surface area contributed by atoms with Gasteiger partial charge in [-0.05, 0) is 80.9 Å². The first kappa shape index (κ1) is 23.8. The maximum Gasteiger partial charge on any atom is 0.243 e. The summed E-state index contributed by atoms with van der Waals surface area (Å²) in [7, 11) is -3.68. The minimum Gasteiger partial charge on any atom is -0.325 e. The molecule has 1 N–H and O–H groups in total. The number of carbonyl (C=O) groups is 1. The lowest BCUT2D eigenvalue weighted by Crippen LogP contribution is -2.38. The van der Waals surface area contributed by atoms with Gasteiger partial charge in [-0.25, -0.2) is 12.8 Å². The van der Waals surface area contributed by atoms with Crippen molar-refractivity contribution in [1.29, 1.82) is 0 Å². The first-order valence-electron chi connectivity index (χ1n) is 11.5. The van der Waals surface area contributed by atoms with Crippen LogP contribution in [0, 0.1) is 5.82 Å². The summed E-state index contributed by atoms with van der Waals surface area (Å²) in [6.07, 6.45) is 3.15. The van der Waals surface area contributed by atoms with Crippen LogP contribution < -0.4 is 5.32 Å². The summed E-state index contributed by atoms with van der Waals surface area (Å²) in [6.45, 7) is 5.21. The number of halogens is 1. The van der Waals surface area contributed by atoms with Crippen LogP contribution in [-0.2, 0) is 21.4 Å². The van der Waals surface area contributed by atoms with Crippen molar-refractivity contribution in [3.63, 3.8) is 0 Å². The van der Waals surface area contributed by atoms with Crippen LogP contribution >= 0.6 is 0 Å². The Labute approximate surface area is 195 Å². The molecule has 2 aromatic carbocycles. The quantitative estimate of drug-likeness (QED) is 0.668. The molecule has 4 rings (SSSR count). The average Bonchev–Trinajstić information content (AvgIpc) is 3.19. The van der Waals surface area contributed by atoms with Crippen molar-refractivity contribution in [3.8, 4) is 0 Å². The van der Waals surface area contributed by atoms with Gasteiger partial charge in [0.1, 0.15) is 5.82 Å². The van der Waals surface area contributed by atoms with Crippen LogP contribution in [0.15, 0.2) is 53.4 Å². The van der Waals surface area contributed by atoms with Gasteiger partial charge in [0.25, 0.3) is 0 Å². The molecule has 0 atom stereocenters. The fourth-order valence-electron chi connectivity index (χ4n) is 4.40. The van der Waals surface area contributed by atoms with Gasteiger partial charge in [0.15, 0.2) is 0 Å². The zero-order valence-electron chi connectivity index (χ0n) is 18.7. The van der Waals surface area contributed by atoms with E-state index in [0.717, 1.165) is 37.5 Å². The molecular formula is C24H31FN4O3S. The highest BCUT2D eigenvalue weighted by atomic mass is 32.2. The molecule has 2 aliphatic rings. The number of nitrogens with zero attached hydrogens (tertiary/aromatic N) is 3. The van der Waals surface area contributed by atoms with Crippen molar-refractivity contribution >= 4 is 21.6 Å². The maximum atomic E-state index is 13.2. The van der Waals surface area contributed by atoms with E-state index < -0.39 is 15.8 Å². The number of anilines is 1. The van der Waals surface area contributed by atoms with Gasteiger partial charge >= 0.3 is 0 Å². The molecule has 2 heterocycles. The fraction of sp³-hybridized carbons (Fsp3) is 0.458. The summed E-state index contributed by atoms with van der Waals surface area (Å²) in [5, 5.41) is 2.94. The van der Waals surface area contributed by atoms with Crippen LogP contribution in [0.5, 0.6) is 0 Å². The summed E-state index contributed by atoms with van der Waals surface area (Å²) in [5.74, 6) is -0.583. The molecule has 0 spiro atoms. The summed E-state index contributed by atoms with van der Waals surface area (Å²) in [4.78, 5) is 17.1. The zero-order valence-corrected chi connectivity index (χ0v) is 19.6. The van der Waals surface area contributed by atoms with Crippen LogP contribution in [0.3, 0.4) is 0 Å². The number of hydrogen-bond acceptors (Lipinski definition) is 5. The lowest BCUT2D eigenvalue weighted by molar-refractivity contribution is -0.117. The van der Waals surface area contributed by atoms with Crippen molar-refractivity contribution in [2.45, 2.75) is 30.7 Å². The highest BCUT2D eigenvalue weighted by molar-refractivity contribution is 7.89. The Hall–Kier alpha value is -2.33. The topological polar surface area (TPSA) is 73.0 Å². The molecule has 2 fully saturated rings. The smallest absolute Gasteiger partial charge is 0.243 e. The lowest BCUT2D eigenvalue weighted by Gasteiger charge is -2.21. The minimum atomic E-state index is -3.68.